The van der Waals surface area contributed by atoms with Crippen molar-refractivity contribution in [3.8, 4) is 0 Å². The monoisotopic (exact) mass is 482 g/mol. The van der Waals surface area contributed by atoms with Gasteiger partial charge in [0.05, 0.1) is 18.8 Å². The molecule has 2 aromatic carbocycles. The Kier molecular flexibility index (Phi) is 9.56. The van der Waals surface area contributed by atoms with Crippen molar-refractivity contribution in [3.63, 3.8) is 0 Å². The predicted molar refractivity (Wildman–Crippen MR) is 132 cm³/mol. The number of ether oxygens (including phenoxy) is 3. The number of carbonyl (C=O) groups is 2. The second kappa shape index (κ2) is 12.6. The van der Waals surface area contributed by atoms with E-state index >= 15 is 0 Å². The highest BCUT2D eigenvalue weighted by molar-refractivity contribution is 5.94. The van der Waals surface area contributed by atoms with E-state index in [9.17, 15) is 14.7 Å². The zero-order valence-electron chi connectivity index (χ0n) is 20.5. The SMILES string of the molecule is C=CCN(C)C[C@@H]1C[C@H](c2ccc(CO)cc2)O[C@H](c2ccc(NC(=O)[C@H](C)OC(C)=O)cc2)O1. The van der Waals surface area contributed by atoms with Crippen LogP contribution in [0.3, 0.4) is 0 Å². The van der Waals surface area contributed by atoms with Gasteiger partial charge < -0.3 is 29.5 Å². The topological polar surface area (TPSA) is 97.3 Å². The summed E-state index contributed by atoms with van der Waals surface area (Å²) in [5, 5.41) is 12.1. The van der Waals surface area contributed by atoms with Crippen molar-refractivity contribution in [2.45, 2.75) is 51.5 Å². The van der Waals surface area contributed by atoms with Gasteiger partial charge in [0.15, 0.2) is 12.4 Å². The summed E-state index contributed by atoms with van der Waals surface area (Å²) >= 11 is 0. The Hall–Kier alpha value is -3.04. The number of hydrogen-bond donors (Lipinski definition) is 2. The molecule has 1 heterocycles. The molecule has 0 unspecified atom stereocenters. The molecule has 0 aliphatic carbocycles. The molecule has 1 amide bonds. The quantitative estimate of drug-likeness (QED) is 0.393. The summed E-state index contributed by atoms with van der Waals surface area (Å²) in [5.74, 6) is -0.918. The smallest absolute Gasteiger partial charge is 0.303 e. The molecule has 0 saturated carbocycles. The van der Waals surface area contributed by atoms with Gasteiger partial charge in [-0.15, -0.1) is 6.58 Å². The number of likely N-dealkylation sites (N-methyl/N-ethyl adjacent to an activating group) is 1. The third-order valence-corrected chi connectivity index (χ3v) is 5.73. The van der Waals surface area contributed by atoms with Crippen LogP contribution < -0.4 is 5.32 Å². The number of nitrogens with one attached hydrogen (secondary N) is 1. The number of aliphatic hydroxyl groups is 1. The van der Waals surface area contributed by atoms with Crippen LogP contribution in [0.25, 0.3) is 0 Å². The van der Waals surface area contributed by atoms with Crippen LogP contribution in [0, 0.1) is 0 Å². The minimum atomic E-state index is -0.886. The molecule has 4 atom stereocenters. The Bertz CT molecular complexity index is 992. The molecule has 0 spiro atoms. The van der Waals surface area contributed by atoms with Crippen molar-refractivity contribution in [3.05, 3.63) is 77.9 Å². The number of amides is 1. The van der Waals surface area contributed by atoms with Gasteiger partial charge in [-0.1, -0.05) is 42.5 Å². The maximum atomic E-state index is 12.2. The maximum Gasteiger partial charge on any atom is 0.303 e. The third-order valence-electron chi connectivity index (χ3n) is 5.73. The highest BCUT2D eigenvalue weighted by Gasteiger charge is 2.32. The summed E-state index contributed by atoms with van der Waals surface area (Å²) in [4.78, 5) is 25.4. The molecule has 1 aliphatic heterocycles. The minimum absolute atomic E-state index is 0.00491. The van der Waals surface area contributed by atoms with Gasteiger partial charge in [-0.25, -0.2) is 0 Å². The first-order valence-electron chi connectivity index (χ1n) is 11.7. The summed E-state index contributed by atoms with van der Waals surface area (Å²) in [5.41, 5.74) is 3.27. The van der Waals surface area contributed by atoms with Gasteiger partial charge in [-0.05, 0) is 37.2 Å². The minimum Gasteiger partial charge on any atom is -0.453 e. The summed E-state index contributed by atoms with van der Waals surface area (Å²) in [6, 6.07) is 15.0. The van der Waals surface area contributed by atoms with E-state index in [1.807, 2.05) is 49.5 Å². The van der Waals surface area contributed by atoms with Crippen molar-refractivity contribution in [1.82, 2.24) is 4.90 Å². The molecule has 8 heteroatoms. The molecule has 0 radical (unpaired) electrons. The van der Waals surface area contributed by atoms with Crippen molar-refractivity contribution in [2.75, 3.05) is 25.5 Å². The standard InChI is InChI=1S/C27H34N2O6/c1-5-14-29(4)16-24-15-25(21-8-6-20(17-30)7-9-21)35-27(34-24)22-10-12-23(13-11-22)28-26(32)18(2)33-19(3)31/h5-13,18,24-25,27,30H,1,14-17H2,2-4H3,(H,28,32)/t18-,24-,25+,27+/m0/s1. The van der Waals surface area contributed by atoms with Crippen LogP contribution in [0.2, 0.25) is 0 Å². The fourth-order valence-corrected chi connectivity index (χ4v) is 3.95. The summed E-state index contributed by atoms with van der Waals surface area (Å²) in [6.45, 7) is 8.06. The van der Waals surface area contributed by atoms with Crippen molar-refractivity contribution < 1.29 is 28.9 Å². The van der Waals surface area contributed by atoms with Crippen molar-refractivity contribution in [1.29, 1.82) is 0 Å². The number of rotatable bonds is 10. The predicted octanol–water partition coefficient (Wildman–Crippen LogP) is 3.73. The van der Waals surface area contributed by atoms with E-state index < -0.39 is 24.3 Å². The Labute approximate surface area is 206 Å². The molecule has 35 heavy (non-hydrogen) atoms. The molecule has 1 aliphatic rings. The molecule has 2 N–H and O–H groups in total. The van der Waals surface area contributed by atoms with Crippen molar-refractivity contribution >= 4 is 17.6 Å². The molecule has 0 bridgehead atoms. The molecule has 188 valence electrons. The Morgan fingerprint density at radius 2 is 1.83 bits per heavy atom. The number of anilines is 1. The van der Waals surface area contributed by atoms with Crippen LogP contribution >= 0.6 is 0 Å². The molecule has 2 aromatic rings. The van der Waals surface area contributed by atoms with Crippen LogP contribution in [0.4, 0.5) is 5.69 Å². The fraction of sp³-hybridized carbons (Fsp3) is 0.407. The van der Waals surface area contributed by atoms with E-state index in [-0.39, 0.29) is 18.8 Å². The molecule has 8 nitrogen and oxygen atoms in total. The molecule has 3 rings (SSSR count). The molecular weight excluding hydrogens is 448 g/mol. The molecule has 1 fully saturated rings. The number of carbonyl (C=O) groups excluding carboxylic acids is 2. The number of hydrogen-bond acceptors (Lipinski definition) is 7. The van der Waals surface area contributed by atoms with E-state index in [1.54, 1.807) is 12.1 Å². The zero-order chi connectivity index (χ0) is 25.4. The van der Waals surface area contributed by atoms with Gasteiger partial charge in [-0.3, -0.25) is 9.59 Å². The average molecular weight is 483 g/mol. The third kappa shape index (κ3) is 7.73. The van der Waals surface area contributed by atoms with E-state index in [2.05, 4.69) is 16.8 Å². The first-order chi connectivity index (χ1) is 16.8. The van der Waals surface area contributed by atoms with Crippen LogP contribution in [0.5, 0.6) is 0 Å². The first kappa shape index (κ1) is 26.6. The van der Waals surface area contributed by atoms with Gasteiger partial charge in [0, 0.05) is 37.7 Å². The van der Waals surface area contributed by atoms with Crippen LogP contribution in [0.15, 0.2) is 61.2 Å². The normalized spacial score (nSPS) is 20.8. The second-order valence-corrected chi connectivity index (χ2v) is 8.72. The van der Waals surface area contributed by atoms with E-state index in [4.69, 9.17) is 14.2 Å². The van der Waals surface area contributed by atoms with Crippen LogP contribution in [-0.4, -0.2) is 54.2 Å². The lowest BCUT2D eigenvalue weighted by molar-refractivity contribution is -0.252. The second-order valence-electron chi connectivity index (χ2n) is 8.72. The number of benzene rings is 2. The van der Waals surface area contributed by atoms with Gasteiger partial charge >= 0.3 is 5.97 Å². The highest BCUT2D eigenvalue weighted by atomic mass is 16.7. The Balaban J connectivity index is 1.74. The van der Waals surface area contributed by atoms with Crippen molar-refractivity contribution in [2.24, 2.45) is 0 Å². The van der Waals surface area contributed by atoms with E-state index in [1.165, 1.54) is 13.8 Å². The molecule has 0 aromatic heterocycles. The lowest BCUT2D eigenvalue weighted by atomic mass is 9.99. The summed E-state index contributed by atoms with van der Waals surface area (Å²) in [7, 11) is 2.02. The van der Waals surface area contributed by atoms with Gasteiger partial charge in [0.1, 0.15) is 0 Å². The number of aliphatic hydroxyl groups excluding tert-OH is 1. The molecular formula is C27H34N2O6. The zero-order valence-corrected chi connectivity index (χ0v) is 20.5. The largest absolute Gasteiger partial charge is 0.453 e. The Morgan fingerprint density at radius 3 is 2.43 bits per heavy atom. The van der Waals surface area contributed by atoms with Crippen LogP contribution in [0.1, 0.15) is 49.4 Å². The maximum absolute atomic E-state index is 12.2. The van der Waals surface area contributed by atoms with Gasteiger partial charge in [-0.2, -0.15) is 0 Å². The number of esters is 1. The van der Waals surface area contributed by atoms with Gasteiger partial charge in [0.25, 0.3) is 5.91 Å². The van der Waals surface area contributed by atoms with E-state index in [0.717, 1.165) is 29.8 Å². The lowest BCUT2D eigenvalue weighted by Gasteiger charge is -2.37. The first-order valence-corrected chi connectivity index (χ1v) is 11.7. The molecule has 1 saturated heterocycles. The van der Waals surface area contributed by atoms with Gasteiger partial charge in [0.2, 0.25) is 0 Å². The average Bonchev–Trinajstić information content (AvgIpc) is 2.84. The summed E-state index contributed by atoms with van der Waals surface area (Å²) < 4.78 is 17.6. The van der Waals surface area contributed by atoms with Crippen LogP contribution in [-0.2, 0) is 30.4 Å². The number of nitrogens with zero attached hydrogens (tertiary/aromatic N) is 1. The Morgan fingerprint density at radius 1 is 1.17 bits per heavy atom. The highest BCUT2D eigenvalue weighted by Crippen LogP contribution is 2.38. The fourth-order valence-electron chi connectivity index (χ4n) is 3.95. The van der Waals surface area contributed by atoms with E-state index in [0.29, 0.717) is 12.1 Å². The summed E-state index contributed by atoms with van der Waals surface area (Å²) in [6.07, 6.45) is 0.843. The lowest BCUT2D eigenvalue weighted by Crippen LogP contribution is -2.37.